The van der Waals surface area contributed by atoms with Crippen LogP contribution in [0.2, 0.25) is 0 Å². The van der Waals surface area contributed by atoms with Gasteiger partial charge in [0.05, 0.1) is 11.8 Å². The number of nitrogens with one attached hydrogen (secondary N) is 2. The Morgan fingerprint density at radius 2 is 2.14 bits per heavy atom. The smallest absolute Gasteiger partial charge is 0.270 e. The molecule has 1 aliphatic rings. The second kappa shape index (κ2) is 5.70. The summed E-state index contributed by atoms with van der Waals surface area (Å²) in [5.74, 6) is 0.0112. The minimum absolute atomic E-state index is 0.288. The van der Waals surface area contributed by atoms with Crippen LogP contribution in [-0.2, 0) is 0 Å². The van der Waals surface area contributed by atoms with Gasteiger partial charge in [-0.2, -0.15) is 10.4 Å². The van der Waals surface area contributed by atoms with Crippen molar-refractivity contribution in [2.75, 3.05) is 0 Å². The van der Waals surface area contributed by atoms with E-state index in [-0.39, 0.29) is 5.91 Å². The highest BCUT2D eigenvalue weighted by atomic mass is 79.9. The van der Waals surface area contributed by atoms with Crippen molar-refractivity contribution in [1.82, 2.24) is 15.5 Å². The van der Waals surface area contributed by atoms with Gasteiger partial charge in [-0.25, -0.2) is 0 Å². The highest BCUT2D eigenvalue weighted by molar-refractivity contribution is 9.10. The molecule has 1 saturated carbocycles. The molecule has 1 aliphatic carbocycles. The first-order valence-electron chi connectivity index (χ1n) is 6.69. The molecule has 106 valence electrons. The molecule has 2 aromatic rings. The number of H-pyrrole nitrogens is 1. The fourth-order valence-corrected chi connectivity index (χ4v) is 2.37. The minimum Gasteiger partial charge on any atom is -0.335 e. The number of halogens is 1. The maximum Gasteiger partial charge on any atom is 0.270 e. The molecule has 1 heterocycles. The molecule has 5 nitrogen and oxygen atoms in total. The molecule has 1 aromatic heterocycles. The summed E-state index contributed by atoms with van der Waals surface area (Å²) >= 11 is 3.38. The normalized spacial score (nSPS) is 15.2. The monoisotopic (exact) mass is 344 g/mol. The second-order valence-corrected chi connectivity index (χ2v) is 6.01. The molecule has 1 amide bonds. The van der Waals surface area contributed by atoms with E-state index in [1.807, 2.05) is 24.3 Å². The van der Waals surface area contributed by atoms with Gasteiger partial charge in [-0.1, -0.05) is 28.1 Å². The first-order valence-corrected chi connectivity index (χ1v) is 7.48. The molecule has 1 atom stereocenters. The molecule has 0 spiro atoms. The Balaban J connectivity index is 1.73. The molecule has 0 saturated heterocycles. The predicted molar refractivity (Wildman–Crippen MR) is 81.3 cm³/mol. The molecule has 1 fully saturated rings. The SMILES string of the molecule is N#CC(NC(=O)c1cc(-c2ccc(Br)cc2)n[nH]1)C1CC1. The summed E-state index contributed by atoms with van der Waals surface area (Å²) in [6.07, 6.45) is 2.01. The third-order valence-electron chi connectivity index (χ3n) is 3.48. The van der Waals surface area contributed by atoms with Crippen LogP contribution in [0.3, 0.4) is 0 Å². The zero-order valence-electron chi connectivity index (χ0n) is 11.1. The average molecular weight is 345 g/mol. The largest absolute Gasteiger partial charge is 0.335 e. The molecule has 0 radical (unpaired) electrons. The number of carbonyl (C=O) groups is 1. The lowest BCUT2D eigenvalue weighted by molar-refractivity contribution is 0.0937. The van der Waals surface area contributed by atoms with Crippen LogP contribution in [0.15, 0.2) is 34.8 Å². The van der Waals surface area contributed by atoms with Crippen molar-refractivity contribution < 1.29 is 4.79 Å². The minimum atomic E-state index is -0.406. The maximum absolute atomic E-state index is 12.1. The van der Waals surface area contributed by atoms with Gasteiger partial charge in [0.1, 0.15) is 11.7 Å². The van der Waals surface area contributed by atoms with Gasteiger partial charge in [0, 0.05) is 10.0 Å². The third kappa shape index (κ3) is 3.14. The molecule has 1 aromatic carbocycles. The van der Waals surface area contributed by atoms with E-state index in [0.717, 1.165) is 22.9 Å². The lowest BCUT2D eigenvalue weighted by atomic mass is 10.1. The Kier molecular flexibility index (Phi) is 3.76. The Hall–Kier alpha value is -2.13. The Bertz CT molecular complexity index is 697. The molecule has 21 heavy (non-hydrogen) atoms. The second-order valence-electron chi connectivity index (χ2n) is 5.09. The summed E-state index contributed by atoms with van der Waals surface area (Å²) in [5, 5.41) is 18.7. The number of aromatic amines is 1. The lowest BCUT2D eigenvalue weighted by Gasteiger charge is -2.08. The van der Waals surface area contributed by atoms with Crippen LogP contribution in [0.1, 0.15) is 23.3 Å². The standard InChI is InChI=1S/C15H13BrN4O/c16-11-5-3-9(4-6-11)12-7-13(20-19-12)15(21)18-14(8-17)10-1-2-10/h3-7,10,14H,1-2H2,(H,18,21)(H,19,20). The quantitative estimate of drug-likeness (QED) is 0.894. The molecule has 6 heteroatoms. The van der Waals surface area contributed by atoms with Gasteiger partial charge in [-0.15, -0.1) is 0 Å². The number of nitrogens with zero attached hydrogens (tertiary/aromatic N) is 2. The fourth-order valence-electron chi connectivity index (χ4n) is 2.11. The van der Waals surface area contributed by atoms with Gasteiger partial charge in [-0.05, 0) is 37.0 Å². The van der Waals surface area contributed by atoms with E-state index in [9.17, 15) is 4.79 Å². The molecule has 1 unspecified atom stereocenters. The highest BCUT2D eigenvalue weighted by Gasteiger charge is 2.32. The molecule has 0 aliphatic heterocycles. The molecular formula is C15H13BrN4O. The first-order chi connectivity index (χ1) is 10.2. The van der Waals surface area contributed by atoms with Crippen LogP contribution in [0.25, 0.3) is 11.3 Å². The maximum atomic E-state index is 12.1. The number of carbonyl (C=O) groups excluding carboxylic acids is 1. The number of rotatable bonds is 4. The Morgan fingerprint density at radius 3 is 2.76 bits per heavy atom. The Morgan fingerprint density at radius 1 is 1.43 bits per heavy atom. The summed E-state index contributed by atoms with van der Waals surface area (Å²) in [5.41, 5.74) is 1.99. The number of benzene rings is 1. The van der Waals surface area contributed by atoms with Crippen LogP contribution >= 0.6 is 15.9 Å². The van der Waals surface area contributed by atoms with Gasteiger partial charge in [0.25, 0.3) is 5.91 Å². The summed E-state index contributed by atoms with van der Waals surface area (Å²) < 4.78 is 0.987. The molecule has 0 bridgehead atoms. The fraction of sp³-hybridized carbons (Fsp3) is 0.267. The summed E-state index contributed by atoms with van der Waals surface area (Å²) in [4.78, 5) is 12.1. The number of amides is 1. The zero-order chi connectivity index (χ0) is 14.8. The number of nitriles is 1. The lowest BCUT2D eigenvalue weighted by Crippen LogP contribution is -2.35. The number of hydrogen-bond donors (Lipinski definition) is 2. The zero-order valence-corrected chi connectivity index (χ0v) is 12.7. The summed E-state index contributed by atoms with van der Waals surface area (Å²) in [7, 11) is 0. The van der Waals surface area contributed by atoms with E-state index in [0.29, 0.717) is 17.3 Å². The van der Waals surface area contributed by atoms with Crippen LogP contribution in [0.5, 0.6) is 0 Å². The predicted octanol–water partition coefficient (Wildman–Crippen LogP) is 2.87. The van der Waals surface area contributed by atoms with Crippen molar-refractivity contribution in [2.24, 2.45) is 5.92 Å². The van der Waals surface area contributed by atoms with E-state index < -0.39 is 6.04 Å². The average Bonchev–Trinajstić information content (AvgIpc) is 3.21. The van der Waals surface area contributed by atoms with Crippen LogP contribution in [-0.4, -0.2) is 22.1 Å². The van der Waals surface area contributed by atoms with E-state index in [4.69, 9.17) is 5.26 Å². The number of hydrogen-bond acceptors (Lipinski definition) is 3. The van der Waals surface area contributed by atoms with Gasteiger partial charge in [0.2, 0.25) is 0 Å². The van der Waals surface area contributed by atoms with Crippen molar-refractivity contribution in [3.8, 4) is 17.3 Å². The van der Waals surface area contributed by atoms with Gasteiger partial charge in [-0.3, -0.25) is 9.89 Å². The van der Waals surface area contributed by atoms with Gasteiger partial charge in [0.15, 0.2) is 0 Å². The molecule has 3 rings (SSSR count). The molecule has 2 N–H and O–H groups in total. The van der Waals surface area contributed by atoms with E-state index in [1.165, 1.54) is 0 Å². The summed E-state index contributed by atoms with van der Waals surface area (Å²) in [6.45, 7) is 0. The third-order valence-corrected chi connectivity index (χ3v) is 4.01. The van der Waals surface area contributed by atoms with Crippen LogP contribution < -0.4 is 5.32 Å². The van der Waals surface area contributed by atoms with Crippen LogP contribution in [0.4, 0.5) is 0 Å². The number of aromatic nitrogens is 2. The topological polar surface area (TPSA) is 81.6 Å². The van der Waals surface area contributed by atoms with E-state index in [2.05, 4.69) is 37.5 Å². The van der Waals surface area contributed by atoms with Gasteiger partial charge >= 0.3 is 0 Å². The van der Waals surface area contributed by atoms with Gasteiger partial charge < -0.3 is 5.32 Å². The van der Waals surface area contributed by atoms with Crippen molar-refractivity contribution in [3.63, 3.8) is 0 Å². The van der Waals surface area contributed by atoms with Crippen molar-refractivity contribution in [2.45, 2.75) is 18.9 Å². The van der Waals surface area contributed by atoms with Crippen LogP contribution in [0, 0.1) is 17.2 Å². The highest BCUT2D eigenvalue weighted by Crippen LogP contribution is 2.32. The van der Waals surface area contributed by atoms with E-state index in [1.54, 1.807) is 6.07 Å². The van der Waals surface area contributed by atoms with Crippen molar-refractivity contribution >= 4 is 21.8 Å². The molecular weight excluding hydrogens is 332 g/mol. The summed E-state index contributed by atoms with van der Waals surface area (Å²) in [6, 6.07) is 11.1. The Labute approximate surface area is 130 Å². The van der Waals surface area contributed by atoms with E-state index >= 15 is 0 Å². The van der Waals surface area contributed by atoms with Crippen molar-refractivity contribution in [3.05, 3.63) is 40.5 Å². The van der Waals surface area contributed by atoms with Crippen molar-refractivity contribution in [1.29, 1.82) is 5.26 Å². The first kappa shape index (κ1) is 13.8.